The molecule has 2 N–H and O–H groups in total. The number of fused-ring (bicyclic) bond motifs is 2. The van der Waals surface area contributed by atoms with Gasteiger partial charge in [-0.15, -0.1) is 0 Å². The maximum Gasteiger partial charge on any atom is 0.263 e. The lowest BCUT2D eigenvalue weighted by Gasteiger charge is -2.60. The Hall–Kier alpha value is -4.00. The lowest BCUT2D eigenvalue weighted by molar-refractivity contribution is -0.309. The molecule has 8 aliphatic heterocycles. The number of amides is 4. The minimum atomic E-state index is -1.71. The Kier molecular flexibility index (Phi) is 14.2. The van der Waals surface area contributed by atoms with Crippen molar-refractivity contribution in [3.8, 4) is 0 Å². The molecule has 4 amide bonds. The van der Waals surface area contributed by atoms with Crippen LogP contribution in [0.5, 0.6) is 0 Å². The van der Waals surface area contributed by atoms with Crippen LogP contribution < -0.4 is 0 Å². The molecule has 11 rings (SSSR count). The first-order chi connectivity index (χ1) is 33.0. The number of aliphatic hydroxyl groups excluding tert-OH is 2. The third-order valence-electron chi connectivity index (χ3n) is 18.1. The molecule has 398 valence electrons. The first-order valence-electron chi connectivity index (χ1n) is 25.5. The Bertz CT molecular complexity index is 2470. The van der Waals surface area contributed by atoms with Crippen molar-refractivity contribution in [3.05, 3.63) is 46.5 Å². The molecule has 1 saturated carbocycles. The number of carbonyl (C=O) groups excluding carboxylic acids is 6. The molecule has 3 unspecified atom stereocenters. The van der Waals surface area contributed by atoms with E-state index in [9.17, 15) is 34.2 Å². The van der Waals surface area contributed by atoms with Crippen LogP contribution in [0.3, 0.4) is 0 Å². The van der Waals surface area contributed by atoms with Crippen molar-refractivity contribution in [3.63, 3.8) is 0 Å². The minimum absolute atomic E-state index is 0.0166. The van der Waals surface area contributed by atoms with Gasteiger partial charge in [-0.1, -0.05) is 34.6 Å². The largest absolute Gasteiger partial charge is 0.396 e. The van der Waals surface area contributed by atoms with Gasteiger partial charge < -0.3 is 38.6 Å². The first kappa shape index (κ1) is 55.7. The Balaban J connectivity index is 1.46. The molecule has 2 aromatic rings. The fourth-order valence-electron chi connectivity index (χ4n) is 11.6. The molecule has 72 heavy (non-hydrogen) atoms. The average Bonchev–Trinajstić information content (AvgIpc) is 3.31. The van der Waals surface area contributed by atoms with Crippen molar-refractivity contribution in [2.75, 3.05) is 53.1 Å². The smallest absolute Gasteiger partial charge is 0.263 e. The minimum Gasteiger partial charge on any atom is -0.396 e. The van der Waals surface area contributed by atoms with E-state index in [-0.39, 0.29) is 76.9 Å². The van der Waals surface area contributed by atoms with E-state index in [1.807, 2.05) is 62.3 Å². The van der Waals surface area contributed by atoms with E-state index in [2.05, 4.69) is 0 Å². The van der Waals surface area contributed by atoms with Crippen LogP contribution in [-0.4, -0.2) is 142 Å². The van der Waals surface area contributed by atoms with E-state index in [1.165, 1.54) is 24.3 Å². The lowest BCUT2D eigenvalue weighted by Crippen LogP contribution is -2.72. The van der Waals surface area contributed by atoms with Gasteiger partial charge >= 0.3 is 0 Å². The summed E-state index contributed by atoms with van der Waals surface area (Å²) in [5.74, 6) is -3.69. The highest BCUT2D eigenvalue weighted by Gasteiger charge is 2.68. The number of hydrogen-bond donors (Lipinski definition) is 2. The quantitative estimate of drug-likeness (QED) is 0.276. The molecule has 9 aliphatic rings. The van der Waals surface area contributed by atoms with Crippen LogP contribution in [0.2, 0.25) is 0 Å². The fraction of sp³-hybridized carbons (Fsp3) is 0.714. The summed E-state index contributed by atoms with van der Waals surface area (Å²) in [6, 6.07) is 5.90. The molecule has 3 atom stereocenters. The molecule has 16 nitrogen and oxygen atoms in total. The number of carbonyl (C=O) groups is 6. The number of hydrogen-bond acceptors (Lipinski definition) is 14. The second-order valence-electron chi connectivity index (χ2n) is 25.6. The van der Waals surface area contributed by atoms with Crippen molar-refractivity contribution in [1.29, 1.82) is 0 Å². The third kappa shape index (κ3) is 8.70. The van der Waals surface area contributed by atoms with Gasteiger partial charge in [0.25, 0.3) is 23.6 Å². The van der Waals surface area contributed by atoms with Gasteiger partial charge in [0.2, 0.25) is 0 Å². The van der Waals surface area contributed by atoms with Crippen LogP contribution in [0.15, 0.2) is 24.3 Å². The SMILES string of the molecule is CC1(C)COC2(C)C(C)(C)OCN3C(=O)c4ccc5c6c(ccc(c46)C3=O)C(=O)N(COC(C)(C)C(C)(C(=O)C3CCC(C(=O)C(C)(C)C)CC3)C(C)(OC1)C(C)(C)OCC(CO)(CO)COC2(C)C)C5=O. The highest BCUT2D eigenvalue weighted by atomic mass is 16.6. The second kappa shape index (κ2) is 18.4. The van der Waals surface area contributed by atoms with Gasteiger partial charge in [-0.05, 0) is 126 Å². The summed E-state index contributed by atoms with van der Waals surface area (Å²) in [7, 11) is 0. The molecular weight excluding hydrogens is 925 g/mol. The summed E-state index contributed by atoms with van der Waals surface area (Å²) in [6.45, 7) is 26.4. The van der Waals surface area contributed by atoms with Crippen molar-refractivity contribution in [2.24, 2.45) is 33.5 Å². The third-order valence-corrected chi connectivity index (χ3v) is 18.1. The van der Waals surface area contributed by atoms with Crippen molar-refractivity contribution in [1.82, 2.24) is 9.80 Å². The molecule has 2 fully saturated rings. The van der Waals surface area contributed by atoms with Gasteiger partial charge in [-0.25, -0.2) is 9.80 Å². The molecule has 8 heterocycles. The zero-order valence-electron chi connectivity index (χ0n) is 45.6. The van der Waals surface area contributed by atoms with Crippen LogP contribution in [0.25, 0.3) is 10.8 Å². The number of rotatable bonds is 5. The zero-order valence-corrected chi connectivity index (χ0v) is 45.6. The highest BCUT2D eigenvalue weighted by Crippen LogP contribution is 2.56. The van der Waals surface area contributed by atoms with E-state index < -0.39 is 111 Å². The Labute approximate surface area is 425 Å². The Morgan fingerprint density at radius 1 is 0.514 bits per heavy atom. The monoisotopic (exact) mass is 1000 g/mol. The van der Waals surface area contributed by atoms with Crippen LogP contribution in [0.1, 0.15) is 178 Å². The van der Waals surface area contributed by atoms with E-state index in [0.29, 0.717) is 25.7 Å². The fourth-order valence-corrected chi connectivity index (χ4v) is 11.6. The molecular formula is C56H80N2O14. The van der Waals surface area contributed by atoms with Crippen LogP contribution in [0, 0.1) is 33.5 Å². The number of benzene rings is 2. The number of ketones is 2. The van der Waals surface area contributed by atoms with Gasteiger partial charge in [-0.2, -0.15) is 0 Å². The standard InChI is InChI=1S/C56H80N2O14/c1-47(2,3)41(61)33-17-19-34(20-18-33)42(62)53(14)49(6,7)71-31-57-43(63)35-21-23-37-40-38(24-22-36(39(35)40)44(57)64)46(66)58(45(37)65)32-72-51(10,11)54(15)50(8,9)67-29-56(25-59,26-60)30-68-52(12,13)55(53,16)70-28-48(4,5)27-69-54/h21-24,33-34,59-60H,17-20,25-32H2,1-16H3. The van der Waals surface area contributed by atoms with Crippen molar-refractivity contribution >= 4 is 46.0 Å². The molecule has 2 aromatic carbocycles. The molecule has 16 heteroatoms. The predicted octanol–water partition coefficient (Wildman–Crippen LogP) is 7.70. The highest BCUT2D eigenvalue weighted by molar-refractivity contribution is 6.33. The van der Waals surface area contributed by atoms with Crippen molar-refractivity contribution in [2.45, 2.75) is 170 Å². The number of Topliss-reactive ketones (excluding diaryl/α,β-unsaturated/α-hetero) is 2. The maximum absolute atomic E-state index is 16.2. The summed E-state index contributed by atoms with van der Waals surface area (Å²) < 4.78 is 41.8. The average molecular weight is 1010 g/mol. The zero-order chi connectivity index (χ0) is 53.8. The molecule has 1 saturated heterocycles. The van der Waals surface area contributed by atoms with Crippen LogP contribution >= 0.6 is 0 Å². The predicted molar refractivity (Wildman–Crippen MR) is 267 cm³/mol. The van der Waals surface area contributed by atoms with E-state index in [0.717, 1.165) is 9.80 Å². The number of nitrogens with zero attached hydrogens (tertiary/aromatic N) is 2. The summed E-state index contributed by atoms with van der Waals surface area (Å²) in [4.78, 5) is 90.1. The molecule has 0 spiro atoms. The normalized spacial score (nSPS) is 31.7. The molecule has 0 aromatic heterocycles. The summed E-state index contributed by atoms with van der Waals surface area (Å²) >= 11 is 0. The van der Waals surface area contributed by atoms with Gasteiger partial charge in [0.05, 0.1) is 72.9 Å². The van der Waals surface area contributed by atoms with Gasteiger partial charge in [0, 0.05) is 55.7 Å². The first-order valence-corrected chi connectivity index (χ1v) is 25.5. The van der Waals surface area contributed by atoms with Gasteiger partial charge in [0.1, 0.15) is 36.2 Å². The Morgan fingerprint density at radius 3 is 1.25 bits per heavy atom. The summed E-state index contributed by atoms with van der Waals surface area (Å²) in [5, 5.41) is 22.7. The second-order valence-corrected chi connectivity index (χ2v) is 25.6. The van der Waals surface area contributed by atoms with E-state index >= 15 is 4.79 Å². The van der Waals surface area contributed by atoms with Crippen LogP contribution in [-0.2, 0) is 38.0 Å². The topological polar surface area (TPSA) is 205 Å². The van der Waals surface area contributed by atoms with Gasteiger partial charge in [0.15, 0.2) is 0 Å². The number of ether oxygens (including phenoxy) is 6. The number of aliphatic hydroxyl groups is 2. The Morgan fingerprint density at radius 2 is 0.861 bits per heavy atom. The van der Waals surface area contributed by atoms with E-state index in [4.69, 9.17) is 28.4 Å². The molecule has 0 radical (unpaired) electrons. The van der Waals surface area contributed by atoms with E-state index in [1.54, 1.807) is 48.5 Å². The number of imide groups is 2. The van der Waals surface area contributed by atoms with Gasteiger partial charge in [-0.3, -0.25) is 28.8 Å². The summed E-state index contributed by atoms with van der Waals surface area (Å²) in [5.41, 5.74) is -12.9. The maximum atomic E-state index is 16.2. The lowest BCUT2D eigenvalue weighted by atomic mass is 9.53. The molecule has 1 aliphatic carbocycles. The van der Waals surface area contributed by atoms with Crippen LogP contribution in [0.4, 0.5) is 0 Å². The van der Waals surface area contributed by atoms with Crippen molar-refractivity contribution < 1.29 is 67.4 Å². The summed E-state index contributed by atoms with van der Waals surface area (Å²) in [6.07, 6.45) is 1.81. The molecule has 10 bridgehead atoms.